The van der Waals surface area contributed by atoms with Crippen LogP contribution in [0.4, 0.5) is 0 Å². The van der Waals surface area contributed by atoms with Crippen LogP contribution in [0.15, 0.2) is 115 Å². The van der Waals surface area contributed by atoms with Gasteiger partial charge in [-0.3, -0.25) is 0 Å². The first-order chi connectivity index (χ1) is 51.2. The van der Waals surface area contributed by atoms with Gasteiger partial charge in [-0.1, -0.05) is 294 Å². The number of hydrogen-bond donors (Lipinski definition) is 13. The fourth-order valence-corrected chi connectivity index (χ4v) is 18.9. The summed E-state index contributed by atoms with van der Waals surface area (Å²) in [4.78, 5) is 0. The third kappa shape index (κ3) is 29.9. The lowest BCUT2D eigenvalue weighted by atomic mass is 9.75. The molecule has 0 radical (unpaired) electrons. The van der Waals surface area contributed by atoms with Crippen molar-refractivity contribution < 1.29 is 85.3 Å². The maximum Gasteiger partial charge on any atom is 0.112 e. The van der Waals surface area contributed by atoms with Crippen LogP contribution in [-0.2, 0) is 18.9 Å². The van der Waals surface area contributed by atoms with Gasteiger partial charge in [0.2, 0.25) is 0 Å². The Kier molecular flexibility index (Phi) is 51.2. The van der Waals surface area contributed by atoms with Crippen LogP contribution in [0, 0.1) is 82.9 Å². The molecule has 4 aliphatic rings. The summed E-state index contributed by atoms with van der Waals surface area (Å²) in [6.07, 6.45) is 0.238. The minimum atomic E-state index is -1.99. The van der Waals surface area contributed by atoms with Gasteiger partial charge in [-0.05, 0) is 144 Å². The Morgan fingerprint density at radius 2 is 0.731 bits per heavy atom. The Morgan fingerprint density at radius 3 is 1.14 bits per heavy atom. The zero-order chi connectivity index (χ0) is 82.5. The predicted molar refractivity (Wildman–Crippen MR) is 447 cm³/mol. The summed E-state index contributed by atoms with van der Waals surface area (Å²) < 4.78 is 23.9. The molecule has 3 aromatic rings. The van der Waals surface area contributed by atoms with Gasteiger partial charge in [0, 0.05) is 12.5 Å². The van der Waals surface area contributed by atoms with E-state index in [2.05, 4.69) is 220 Å². The molecule has 7 rings (SSSR count). The zero-order valence-electron chi connectivity index (χ0n) is 71.2. The van der Waals surface area contributed by atoms with Crippen molar-refractivity contribution in [3.05, 3.63) is 115 Å². The standard InChI is InChI=1S/C29H35OP.C20H38O.C14H28O7.C14H26O7.C9H20O.2C2H6/c1-5-28-23(3)22(2)24(4)29(30-28)21-31(25-15-9-6-10-16-25,26-17-11-7-12-18-26)27-19-13-8-14-20-27;1-9-13(3)15(5)14(4)11-12-20-18(8)16(6)17(7)19(10-2)21-20;2*1-3-8(16)11(17)7(2)4-5-9-12(18)14(20)13(19)10(6-15)21-9;1-5-7(2)9(4)8(3)6-10;2*1-2/h6-24,28-29H,5H2,1-4H3;11-20H,9-10H2,1-8H3;7-20H,3-6H2,1-2H3;4-5,7-20H,3,6H2,1-2H3;7-10H,5-6H2,1-4H3;2*1-2H3/b;12-11-;;5-4-;;;/t22?,23-,24?,28?,29-;13-,14+,15-,16?,17-,18?,19?,20-;2*7-,8+,9+,10?,11-,12?,13-,14?;7-,8+,9-;;/m11001../s1. The Morgan fingerprint density at radius 1 is 0.370 bits per heavy atom. The average Bonchev–Trinajstić information content (AvgIpc) is 0.745. The third-order valence-corrected chi connectivity index (χ3v) is 28.8. The molecule has 4 aliphatic heterocycles. The SMILES string of the molecule is CC.CC.CCC1O[C@H](/C=C\[C@H](C)[C@H](C)[C@H](C)CC)C(C)C(C)[C@H]1C.CCC1O[C@H](C=P(c2ccccc2)(c2ccccc2)c2ccccc2)C(C)C(C)[C@H]1C.CC[C@@H](C)[C@@H](C)[C@@H](C)CO.CC[C@@H](O)[C@@H](O)[C@@H](C)/C=C\[C@H]1OC(CO)[C@H](O)C(O)C1O.CC[C@@H](O)[C@@H](O)[C@@H](C)CC[C@H]1OC(CO)[C@H](O)C(O)C1O. The van der Waals surface area contributed by atoms with Crippen LogP contribution < -0.4 is 15.9 Å². The number of benzene rings is 3. The summed E-state index contributed by atoms with van der Waals surface area (Å²) in [5, 5.41) is 129. The van der Waals surface area contributed by atoms with Crippen LogP contribution in [0.2, 0.25) is 0 Å². The fraction of sp³-hybridized carbons (Fsp3) is 0.744. The Labute approximate surface area is 656 Å². The van der Waals surface area contributed by atoms with Crippen molar-refractivity contribution in [2.45, 2.75) is 327 Å². The quantitative estimate of drug-likeness (QED) is 0.0237. The largest absolute Gasteiger partial charge is 0.396 e. The molecule has 18 heteroatoms. The lowest BCUT2D eigenvalue weighted by molar-refractivity contribution is -0.231. The van der Waals surface area contributed by atoms with E-state index in [1.165, 1.54) is 34.8 Å². The second-order valence-corrected chi connectivity index (χ2v) is 34.7. The molecule has 4 fully saturated rings. The first kappa shape index (κ1) is 103. The van der Waals surface area contributed by atoms with E-state index in [1.54, 1.807) is 33.8 Å². The van der Waals surface area contributed by atoms with Crippen LogP contribution >= 0.6 is 6.89 Å². The van der Waals surface area contributed by atoms with Crippen molar-refractivity contribution in [2.75, 3.05) is 19.8 Å². The number of aliphatic hydroxyl groups is 13. The monoisotopic (exact) mass is 1540 g/mol. The van der Waals surface area contributed by atoms with Crippen LogP contribution in [0.25, 0.3) is 0 Å². The second-order valence-electron chi connectivity index (χ2n) is 31.4. The number of ether oxygens (including phenoxy) is 4. The topological polar surface area (TPSA) is 300 Å². The highest BCUT2D eigenvalue weighted by atomic mass is 31.2. The number of rotatable bonds is 28. The number of allylic oxidation sites excluding steroid dienone is 1. The first-order valence-electron chi connectivity index (χ1n) is 41.7. The fourth-order valence-electron chi connectivity index (χ4n) is 14.7. The summed E-state index contributed by atoms with van der Waals surface area (Å²) in [5.74, 6) is 9.75. The Balaban J connectivity index is 0.000000689. The smallest absolute Gasteiger partial charge is 0.112 e. The molecule has 626 valence electrons. The molecular formula is C90H159O17P. The lowest BCUT2D eigenvalue weighted by Gasteiger charge is -2.44. The van der Waals surface area contributed by atoms with E-state index in [0.29, 0.717) is 97.9 Å². The van der Waals surface area contributed by atoms with E-state index in [0.717, 1.165) is 36.5 Å². The summed E-state index contributed by atoms with van der Waals surface area (Å²) >= 11 is 0. The van der Waals surface area contributed by atoms with Gasteiger partial charge in [-0.25, -0.2) is 0 Å². The summed E-state index contributed by atoms with van der Waals surface area (Å²) in [6.45, 7) is 49.3. The molecule has 0 aliphatic carbocycles. The molecule has 4 heterocycles. The van der Waals surface area contributed by atoms with Crippen molar-refractivity contribution in [1.29, 1.82) is 0 Å². The van der Waals surface area contributed by atoms with Gasteiger partial charge >= 0.3 is 0 Å². The van der Waals surface area contributed by atoms with Gasteiger partial charge in [-0.2, -0.15) is 0 Å². The van der Waals surface area contributed by atoms with E-state index in [9.17, 15) is 51.1 Å². The summed E-state index contributed by atoms with van der Waals surface area (Å²) in [5.41, 5.74) is 0. The average molecular weight is 1540 g/mol. The van der Waals surface area contributed by atoms with E-state index < -0.39 is 106 Å². The zero-order valence-corrected chi connectivity index (χ0v) is 72.1. The highest BCUT2D eigenvalue weighted by Gasteiger charge is 2.45. The van der Waals surface area contributed by atoms with Crippen LogP contribution in [0.5, 0.6) is 0 Å². The van der Waals surface area contributed by atoms with Gasteiger partial charge in [0.15, 0.2) is 0 Å². The second kappa shape index (κ2) is 53.8. The van der Waals surface area contributed by atoms with E-state index in [1.807, 2.05) is 27.7 Å². The first-order valence-corrected chi connectivity index (χ1v) is 43.6. The Hall–Kier alpha value is -3.24. The molecule has 0 bridgehead atoms. The molecule has 0 amide bonds. The molecule has 0 aromatic heterocycles. The predicted octanol–water partition coefficient (Wildman–Crippen LogP) is 12.7. The van der Waals surface area contributed by atoms with Crippen molar-refractivity contribution in [2.24, 2.45) is 82.9 Å². The van der Waals surface area contributed by atoms with E-state index >= 15 is 0 Å². The maximum absolute atomic E-state index is 9.90. The van der Waals surface area contributed by atoms with Crippen molar-refractivity contribution >= 4 is 28.6 Å². The van der Waals surface area contributed by atoms with Crippen LogP contribution in [-0.4, -0.2) is 202 Å². The van der Waals surface area contributed by atoms with Crippen molar-refractivity contribution in [3.63, 3.8) is 0 Å². The molecule has 12 unspecified atom stereocenters. The molecule has 0 saturated carbocycles. The molecule has 0 spiro atoms. The number of aliphatic hydroxyl groups excluding tert-OH is 13. The van der Waals surface area contributed by atoms with Crippen LogP contribution in [0.3, 0.4) is 0 Å². The van der Waals surface area contributed by atoms with Gasteiger partial charge < -0.3 is 85.3 Å². The van der Waals surface area contributed by atoms with Gasteiger partial charge in [0.25, 0.3) is 0 Å². The molecule has 4 saturated heterocycles. The molecule has 108 heavy (non-hydrogen) atoms. The summed E-state index contributed by atoms with van der Waals surface area (Å²) in [6, 6.07) is 33.2. The van der Waals surface area contributed by atoms with E-state index in [-0.39, 0.29) is 17.9 Å². The molecule has 17 nitrogen and oxygen atoms in total. The molecule has 13 N–H and O–H groups in total. The molecular weight excluding hydrogens is 1380 g/mol. The lowest BCUT2D eigenvalue weighted by Crippen LogP contribution is -2.58. The Bertz CT molecular complexity index is 2650. The highest BCUT2D eigenvalue weighted by molar-refractivity contribution is 7.94. The number of hydrogen-bond acceptors (Lipinski definition) is 17. The van der Waals surface area contributed by atoms with E-state index in [4.69, 9.17) is 34.3 Å². The maximum atomic E-state index is 9.90. The van der Waals surface area contributed by atoms with Gasteiger partial charge in [-0.15, -0.1) is 0 Å². The summed E-state index contributed by atoms with van der Waals surface area (Å²) in [7, 11) is 0. The van der Waals surface area contributed by atoms with Crippen LogP contribution in [0.1, 0.15) is 218 Å². The molecule has 3 aromatic carbocycles. The van der Waals surface area contributed by atoms with Gasteiger partial charge in [0.05, 0.1) is 68.1 Å². The highest BCUT2D eigenvalue weighted by Crippen LogP contribution is 2.47. The minimum Gasteiger partial charge on any atom is -0.396 e. The van der Waals surface area contributed by atoms with Crippen molar-refractivity contribution in [3.8, 4) is 0 Å². The van der Waals surface area contributed by atoms with Crippen molar-refractivity contribution in [1.82, 2.24) is 0 Å². The van der Waals surface area contributed by atoms with Gasteiger partial charge in [0.1, 0.15) is 54.9 Å². The molecule has 32 atom stereocenters. The third-order valence-electron chi connectivity index (χ3n) is 24.7. The normalized spacial score (nSPS) is 31.9. The minimum absolute atomic E-state index is 0.130.